The zero-order chi connectivity index (χ0) is 30.3. The van der Waals surface area contributed by atoms with E-state index in [-0.39, 0.29) is 4.90 Å². The van der Waals surface area contributed by atoms with Crippen LogP contribution in [0.2, 0.25) is 0 Å². The van der Waals surface area contributed by atoms with Gasteiger partial charge < -0.3 is 9.47 Å². The van der Waals surface area contributed by atoms with E-state index in [0.29, 0.717) is 33.8 Å². The van der Waals surface area contributed by atoms with E-state index in [1.807, 2.05) is 38.1 Å². The van der Waals surface area contributed by atoms with Crippen LogP contribution in [0.4, 0.5) is 5.69 Å². The molecular formula is C31H29Br2N3O5S. The second-order valence-corrected chi connectivity index (χ2v) is 13.0. The van der Waals surface area contributed by atoms with E-state index < -0.39 is 22.5 Å². The summed E-state index contributed by atoms with van der Waals surface area (Å²) in [5, 5.41) is 4.05. The van der Waals surface area contributed by atoms with Gasteiger partial charge in [-0.3, -0.25) is 9.10 Å². The molecule has 0 spiro atoms. The highest BCUT2D eigenvalue weighted by Gasteiger charge is 2.27. The third-order valence-electron chi connectivity index (χ3n) is 6.17. The number of hydrazone groups is 1. The highest BCUT2D eigenvalue weighted by atomic mass is 79.9. The summed E-state index contributed by atoms with van der Waals surface area (Å²) in [5.74, 6) is 0.398. The van der Waals surface area contributed by atoms with Crippen LogP contribution in [-0.4, -0.2) is 34.2 Å². The molecule has 0 aliphatic carbocycles. The zero-order valence-electron chi connectivity index (χ0n) is 23.2. The minimum atomic E-state index is -4.03. The lowest BCUT2D eigenvalue weighted by Gasteiger charge is -2.23. The molecule has 0 heterocycles. The maximum atomic E-state index is 13.5. The Kier molecular flexibility index (Phi) is 10.4. The lowest BCUT2D eigenvalue weighted by atomic mass is 10.2. The number of hydrogen-bond acceptors (Lipinski definition) is 6. The van der Waals surface area contributed by atoms with Crippen LogP contribution >= 0.6 is 31.9 Å². The fourth-order valence-electron chi connectivity index (χ4n) is 3.90. The van der Waals surface area contributed by atoms with E-state index in [2.05, 4.69) is 42.4 Å². The second kappa shape index (κ2) is 14.0. The number of nitrogens with zero attached hydrogens (tertiary/aromatic N) is 2. The second-order valence-electron chi connectivity index (χ2n) is 9.40. The van der Waals surface area contributed by atoms with Crippen LogP contribution in [0.3, 0.4) is 0 Å². The van der Waals surface area contributed by atoms with Crippen LogP contribution in [0.5, 0.6) is 11.5 Å². The first-order valence-corrected chi connectivity index (χ1v) is 15.8. The Bertz CT molecular complexity index is 1680. The molecule has 0 fully saturated rings. The van der Waals surface area contributed by atoms with Crippen molar-refractivity contribution < 1.29 is 22.7 Å². The lowest BCUT2D eigenvalue weighted by molar-refractivity contribution is -0.119. The van der Waals surface area contributed by atoms with Gasteiger partial charge in [-0.15, -0.1) is 0 Å². The maximum absolute atomic E-state index is 13.5. The van der Waals surface area contributed by atoms with Gasteiger partial charge in [0.1, 0.15) is 13.2 Å². The van der Waals surface area contributed by atoms with Gasteiger partial charge in [-0.25, -0.2) is 13.8 Å². The van der Waals surface area contributed by atoms with Crippen LogP contribution in [-0.2, 0) is 21.4 Å². The van der Waals surface area contributed by atoms with Crippen LogP contribution in [0.15, 0.2) is 104 Å². The molecule has 218 valence electrons. The first-order valence-electron chi connectivity index (χ1n) is 12.8. The number of carbonyl (C=O) groups excluding carboxylic acids is 1. The highest BCUT2D eigenvalue weighted by molar-refractivity contribution is 9.10. The molecule has 8 nitrogen and oxygen atoms in total. The smallest absolute Gasteiger partial charge is 0.264 e. The molecule has 1 amide bonds. The van der Waals surface area contributed by atoms with E-state index in [4.69, 9.17) is 9.47 Å². The molecule has 0 aromatic heterocycles. The van der Waals surface area contributed by atoms with Gasteiger partial charge in [-0.2, -0.15) is 5.10 Å². The van der Waals surface area contributed by atoms with E-state index in [1.165, 1.54) is 31.0 Å². The van der Waals surface area contributed by atoms with Crippen molar-refractivity contribution in [3.63, 3.8) is 0 Å². The molecule has 0 aliphatic rings. The van der Waals surface area contributed by atoms with Crippen molar-refractivity contribution in [3.8, 4) is 11.5 Å². The molecular weight excluding hydrogens is 686 g/mol. The van der Waals surface area contributed by atoms with E-state index >= 15 is 0 Å². The number of ether oxygens (including phenoxy) is 2. The van der Waals surface area contributed by atoms with Crippen molar-refractivity contribution >= 4 is 59.7 Å². The summed E-state index contributed by atoms with van der Waals surface area (Å²) in [6, 6.07) is 24.7. The van der Waals surface area contributed by atoms with E-state index in [0.717, 1.165) is 19.9 Å². The Balaban J connectivity index is 1.48. The van der Waals surface area contributed by atoms with Gasteiger partial charge in [0.15, 0.2) is 11.5 Å². The molecule has 0 saturated carbocycles. The molecule has 4 aromatic carbocycles. The summed E-state index contributed by atoms with van der Waals surface area (Å²) in [5.41, 5.74) is 6.50. The van der Waals surface area contributed by atoms with Crippen molar-refractivity contribution in [1.29, 1.82) is 0 Å². The molecule has 0 unspecified atom stereocenters. The third kappa shape index (κ3) is 7.99. The van der Waals surface area contributed by atoms with Gasteiger partial charge in [0.05, 0.1) is 28.4 Å². The standard InChI is InChI=1S/C31H29Br2N3O5S/c1-21-4-8-23(9-5-21)20-41-31-28(33)16-24(17-29(31)40-3)18-34-35-30(37)19-36(26-12-10-25(32)11-13-26)42(38,39)27-14-6-22(2)7-15-27/h4-18H,19-20H2,1-3H3,(H,35,37)/b34-18-. The van der Waals surface area contributed by atoms with Gasteiger partial charge in [-0.1, -0.05) is 63.5 Å². The summed E-state index contributed by atoms with van der Waals surface area (Å²) >= 11 is 6.89. The third-order valence-corrected chi connectivity index (χ3v) is 9.08. The number of rotatable bonds is 11. The first-order chi connectivity index (χ1) is 20.1. The van der Waals surface area contributed by atoms with E-state index in [1.54, 1.807) is 48.5 Å². The maximum Gasteiger partial charge on any atom is 0.264 e. The van der Waals surface area contributed by atoms with Gasteiger partial charge >= 0.3 is 0 Å². The lowest BCUT2D eigenvalue weighted by Crippen LogP contribution is -2.39. The Morgan fingerprint density at radius 3 is 2.17 bits per heavy atom. The molecule has 1 N–H and O–H groups in total. The summed E-state index contributed by atoms with van der Waals surface area (Å²) in [6.07, 6.45) is 1.44. The number of hydrogen-bond donors (Lipinski definition) is 1. The molecule has 0 atom stereocenters. The average Bonchev–Trinajstić information content (AvgIpc) is 2.96. The van der Waals surface area contributed by atoms with Crippen molar-refractivity contribution in [2.24, 2.45) is 5.10 Å². The van der Waals surface area contributed by atoms with Gasteiger partial charge in [0.25, 0.3) is 15.9 Å². The van der Waals surface area contributed by atoms with Crippen molar-refractivity contribution in [2.75, 3.05) is 18.0 Å². The summed E-state index contributed by atoms with van der Waals surface area (Å²) in [4.78, 5) is 13.0. The minimum absolute atomic E-state index is 0.0777. The predicted molar refractivity (Wildman–Crippen MR) is 172 cm³/mol. The largest absolute Gasteiger partial charge is 0.493 e. The van der Waals surface area contributed by atoms with Gasteiger partial charge in [0, 0.05) is 4.47 Å². The van der Waals surface area contributed by atoms with Crippen molar-refractivity contribution in [3.05, 3.63) is 116 Å². The molecule has 0 aliphatic heterocycles. The van der Waals surface area contributed by atoms with Crippen molar-refractivity contribution in [1.82, 2.24) is 5.43 Å². The summed E-state index contributed by atoms with van der Waals surface area (Å²) in [7, 11) is -2.50. The molecule has 0 saturated heterocycles. The summed E-state index contributed by atoms with van der Waals surface area (Å²) < 4.78 is 41.0. The van der Waals surface area contributed by atoms with Crippen LogP contribution < -0.4 is 19.2 Å². The van der Waals surface area contributed by atoms with Crippen LogP contribution in [0.25, 0.3) is 0 Å². The van der Waals surface area contributed by atoms with Crippen molar-refractivity contribution in [2.45, 2.75) is 25.3 Å². The first kappa shape index (κ1) is 31.3. The topological polar surface area (TPSA) is 97.3 Å². The van der Waals surface area contributed by atoms with Gasteiger partial charge in [0.2, 0.25) is 0 Å². The fourth-order valence-corrected chi connectivity index (χ4v) is 6.16. The van der Waals surface area contributed by atoms with Crippen LogP contribution in [0.1, 0.15) is 22.3 Å². The highest BCUT2D eigenvalue weighted by Crippen LogP contribution is 2.37. The molecule has 0 bridgehead atoms. The Morgan fingerprint density at radius 2 is 1.55 bits per heavy atom. The Labute approximate surface area is 262 Å². The molecule has 4 aromatic rings. The molecule has 4 rings (SSSR count). The SMILES string of the molecule is COc1cc(/C=N\NC(=O)CN(c2ccc(Br)cc2)S(=O)(=O)c2ccc(C)cc2)cc(Br)c1OCc1ccc(C)cc1. The number of methoxy groups -OCH3 is 1. The Morgan fingerprint density at radius 1 is 0.929 bits per heavy atom. The number of halogens is 2. The number of sulfonamides is 1. The number of anilines is 1. The van der Waals surface area contributed by atoms with Crippen LogP contribution in [0, 0.1) is 13.8 Å². The number of carbonyl (C=O) groups is 1. The normalized spacial score (nSPS) is 11.4. The number of benzene rings is 4. The van der Waals surface area contributed by atoms with E-state index in [9.17, 15) is 13.2 Å². The number of nitrogens with one attached hydrogen (secondary N) is 1. The quantitative estimate of drug-likeness (QED) is 0.137. The molecule has 0 radical (unpaired) electrons. The Hall–Kier alpha value is -3.67. The monoisotopic (exact) mass is 713 g/mol. The number of aryl methyl sites for hydroxylation is 2. The average molecular weight is 715 g/mol. The molecule has 11 heteroatoms. The zero-order valence-corrected chi connectivity index (χ0v) is 27.2. The summed E-state index contributed by atoms with van der Waals surface area (Å²) in [6.45, 7) is 3.78. The van der Waals surface area contributed by atoms with Gasteiger partial charge in [-0.05, 0) is 89.4 Å². The fraction of sp³-hybridized carbons (Fsp3) is 0.161. The molecule has 42 heavy (non-hydrogen) atoms. The predicted octanol–water partition coefficient (Wildman–Crippen LogP) is 6.76. The minimum Gasteiger partial charge on any atom is -0.493 e. The number of amides is 1.